The average Bonchev–Trinajstić information content (AvgIpc) is 3.00. The molecular weight excluding hydrogens is 232 g/mol. The van der Waals surface area contributed by atoms with Crippen molar-refractivity contribution in [3.05, 3.63) is 77.4 Å². The lowest BCUT2D eigenvalue weighted by Gasteiger charge is -2.07. The van der Waals surface area contributed by atoms with Crippen molar-refractivity contribution in [1.29, 1.82) is 0 Å². The third kappa shape index (κ3) is 1.55. The van der Waals surface area contributed by atoms with Gasteiger partial charge in [0.15, 0.2) is 0 Å². The van der Waals surface area contributed by atoms with Gasteiger partial charge in [-0.3, -0.25) is 0 Å². The monoisotopic (exact) mass is 245 g/mol. The minimum atomic E-state index is 0.946. The van der Waals surface area contributed by atoms with E-state index in [-0.39, 0.29) is 0 Å². The largest absolute Gasteiger partial charge is 0.456 e. The van der Waals surface area contributed by atoms with E-state index in [1.165, 1.54) is 22.6 Å². The van der Waals surface area contributed by atoms with Gasteiger partial charge in [0, 0.05) is 16.9 Å². The van der Waals surface area contributed by atoms with E-state index in [0.717, 1.165) is 16.7 Å². The quantitative estimate of drug-likeness (QED) is 0.592. The molecule has 0 saturated heterocycles. The highest BCUT2D eigenvalue weighted by Crippen LogP contribution is 2.41. The molecule has 0 fully saturated rings. The molecule has 1 heterocycles. The third-order valence-corrected chi connectivity index (χ3v) is 3.76. The van der Waals surface area contributed by atoms with Gasteiger partial charge in [-0.25, -0.2) is 0 Å². The molecule has 4 rings (SSSR count). The number of allylic oxidation sites excluding steroid dienone is 1. The Labute approximate surface area is 112 Å². The molecule has 0 unspecified atom stereocenters. The van der Waals surface area contributed by atoms with Crippen molar-refractivity contribution in [2.75, 3.05) is 0 Å². The van der Waals surface area contributed by atoms with Crippen molar-refractivity contribution in [2.45, 2.75) is 6.92 Å². The second-order valence-corrected chi connectivity index (χ2v) is 4.92. The molecule has 0 N–H and O–H groups in total. The summed E-state index contributed by atoms with van der Waals surface area (Å²) >= 11 is 0. The molecule has 2 aromatic carbocycles. The second kappa shape index (κ2) is 3.86. The van der Waals surface area contributed by atoms with Crippen molar-refractivity contribution in [2.24, 2.45) is 0 Å². The first-order valence-electron chi connectivity index (χ1n) is 6.47. The molecule has 0 bridgehead atoms. The summed E-state index contributed by atoms with van der Waals surface area (Å²) in [5.74, 6) is 2.24. The zero-order valence-electron chi connectivity index (χ0n) is 10.7. The summed E-state index contributed by atoms with van der Waals surface area (Å²) < 4.78 is 5.96. The molecule has 1 aliphatic carbocycles. The first-order valence-corrected chi connectivity index (χ1v) is 6.47. The van der Waals surface area contributed by atoms with E-state index < -0.39 is 0 Å². The van der Waals surface area contributed by atoms with Gasteiger partial charge in [-0.15, -0.1) is 0 Å². The standard InChI is InChI=1S/C18H13O/c1-12-15-8-4-2-6-13(15)10-16(12)18-11-14-7-3-5-9-17(14)19-18/h2-11H,1H3. The van der Waals surface area contributed by atoms with Crippen LogP contribution in [-0.4, -0.2) is 0 Å². The summed E-state index contributed by atoms with van der Waals surface area (Å²) in [5, 5.41) is 1.15. The highest BCUT2D eigenvalue weighted by molar-refractivity contribution is 5.98. The Morgan fingerprint density at radius 2 is 1.68 bits per heavy atom. The number of hydrogen-bond acceptors (Lipinski definition) is 1. The van der Waals surface area contributed by atoms with Crippen LogP contribution in [0.3, 0.4) is 0 Å². The predicted octanol–water partition coefficient (Wildman–Crippen LogP) is 4.93. The van der Waals surface area contributed by atoms with Crippen LogP contribution in [0, 0.1) is 5.92 Å². The lowest BCUT2D eigenvalue weighted by molar-refractivity contribution is 0.599. The Kier molecular flexibility index (Phi) is 2.16. The number of para-hydroxylation sites is 1. The fraction of sp³-hybridized carbons (Fsp3) is 0.0556. The molecule has 0 amide bonds. The molecule has 91 valence electrons. The predicted molar refractivity (Wildman–Crippen MR) is 78.5 cm³/mol. The Bertz CT molecular complexity index is 759. The van der Waals surface area contributed by atoms with Gasteiger partial charge in [-0.2, -0.15) is 0 Å². The number of furan rings is 1. The van der Waals surface area contributed by atoms with Crippen LogP contribution in [-0.2, 0) is 0 Å². The topological polar surface area (TPSA) is 13.1 Å². The number of hydrogen-bond donors (Lipinski definition) is 0. The fourth-order valence-electron chi connectivity index (χ4n) is 2.74. The maximum atomic E-state index is 5.96. The molecule has 1 heteroatoms. The highest BCUT2D eigenvalue weighted by atomic mass is 16.3. The van der Waals surface area contributed by atoms with Crippen molar-refractivity contribution in [3.63, 3.8) is 0 Å². The summed E-state index contributed by atoms with van der Waals surface area (Å²) in [4.78, 5) is 0. The minimum absolute atomic E-state index is 0.946. The lowest BCUT2D eigenvalue weighted by atomic mass is 9.96. The fourth-order valence-corrected chi connectivity index (χ4v) is 2.74. The molecule has 0 saturated carbocycles. The highest BCUT2D eigenvalue weighted by Gasteiger charge is 2.24. The van der Waals surface area contributed by atoms with E-state index in [4.69, 9.17) is 4.42 Å². The molecule has 0 atom stereocenters. The Morgan fingerprint density at radius 3 is 2.53 bits per heavy atom. The van der Waals surface area contributed by atoms with Crippen LogP contribution in [0.5, 0.6) is 0 Å². The second-order valence-electron chi connectivity index (χ2n) is 4.92. The minimum Gasteiger partial charge on any atom is -0.456 e. The van der Waals surface area contributed by atoms with Crippen molar-refractivity contribution >= 4 is 22.6 Å². The maximum absolute atomic E-state index is 5.96. The van der Waals surface area contributed by atoms with Crippen LogP contribution >= 0.6 is 0 Å². The summed E-state index contributed by atoms with van der Waals surface area (Å²) in [6.07, 6.45) is 2.21. The van der Waals surface area contributed by atoms with Crippen LogP contribution in [0.1, 0.15) is 23.8 Å². The van der Waals surface area contributed by atoms with Gasteiger partial charge in [-0.1, -0.05) is 49.4 Å². The molecule has 0 spiro atoms. The third-order valence-electron chi connectivity index (χ3n) is 3.76. The molecule has 1 aromatic heterocycles. The van der Waals surface area contributed by atoms with Crippen LogP contribution in [0.25, 0.3) is 22.6 Å². The van der Waals surface area contributed by atoms with Crippen molar-refractivity contribution < 1.29 is 4.42 Å². The summed E-state index contributed by atoms with van der Waals surface area (Å²) in [7, 11) is 0. The van der Waals surface area contributed by atoms with Crippen molar-refractivity contribution in [3.8, 4) is 0 Å². The average molecular weight is 245 g/mol. The molecular formula is C18H13O. The van der Waals surface area contributed by atoms with Gasteiger partial charge in [0.25, 0.3) is 0 Å². The number of fused-ring (bicyclic) bond motifs is 2. The van der Waals surface area contributed by atoms with Gasteiger partial charge in [0.1, 0.15) is 11.3 Å². The Balaban J connectivity index is 1.86. The summed E-state index contributed by atoms with van der Waals surface area (Å²) in [6, 6.07) is 18.7. The van der Waals surface area contributed by atoms with Crippen LogP contribution in [0.4, 0.5) is 0 Å². The van der Waals surface area contributed by atoms with E-state index in [0.29, 0.717) is 0 Å². The van der Waals surface area contributed by atoms with Crippen molar-refractivity contribution in [1.82, 2.24) is 0 Å². The van der Waals surface area contributed by atoms with Gasteiger partial charge in [-0.05, 0) is 29.3 Å². The van der Waals surface area contributed by atoms with Gasteiger partial charge < -0.3 is 4.42 Å². The summed E-state index contributed by atoms with van der Waals surface area (Å²) in [6.45, 7) is 2.16. The van der Waals surface area contributed by atoms with Gasteiger partial charge in [0.05, 0.1) is 0 Å². The molecule has 1 radical (unpaired) electrons. The van der Waals surface area contributed by atoms with Gasteiger partial charge >= 0.3 is 0 Å². The van der Waals surface area contributed by atoms with E-state index in [1.807, 2.05) is 18.2 Å². The van der Waals surface area contributed by atoms with E-state index in [9.17, 15) is 0 Å². The SMILES string of the molecule is C[C]1C(c2cc3ccccc3o2)=Cc2ccccc21. The molecule has 3 aromatic rings. The first kappa shape index (κ1) is 10.6. The summed E-state index contributed by atoms with van der Waals surface area (Å²) in [5.41, 5.74) is 4.72. The first-order chi connectivity index (χ1) is 9.33. The maximum Gasteiger partial charge on any atom is 0.134 e. The molecule has 19 heavy (non-hydrogen) atoms. The zero-order valence-corrected chi connectivity index (χ0v) is 10.7. The molecule has 1 nitrogen and oxygen atoms in total. The Morgan fingerprint density at radius 1 is 0.895 bits per heavy atom. The lowest BCUT2D eigenvalue weighted by Crippen LogP contribution is -1.92. The van der Waals surface area contributed by atoms with E-state index in [1.54, 1.807) is 0 Å². The van der Waals surface area contributed by atoms with Gasteiger partial charge in [0.2, 0.25) is 0 Å². The molecule has 1 aliphatic rings. The van der Waals surface area contributed by atoms with Crippen LogP contribution in [0.15, 0.2) is 59.0 Å². The number of rotatable bonds is 1. The van der Waals surface area contributed by atoms with Crippen LogP contribution in [0.2, 0.25) is 0 Å². The van der Waals surface area contributed by atoms with E-state index in [2.05, 4.69) is 49.4 Å². The number of benzene rings is 2. The smallest absolute Gasteiger partial charge is 0.134 e. The molecule has 0 aliphatic heterocycles. The van der Waals surface area contributed by atoms with Crippen LogP contribution < -0.4 is 0 Å². The Hall–Kier alpha value is -2.28. The normalized spacial score (nSPS) is 14.7. The van der Waals surface area contributed by atoms with E-state index >= 15 is 0 Å². The zero-order chi connectivity index (χ0) is 12.8.